The summed E-state index contributed by atoms with van der Waals surface area (Å²) in [5.41, 5.74) is 7.99. The number of anilines is 1. The predicted molar refractivity (Wildman–Crippen MR) is 80.0 cm³/mol. The van der Waals surface area contributed by atoms with Gasteiger partial charge in [0.1, 0.15) is 0 Å². The number of nitrogen functional groups attached to an aromatic ring is 1. The summed E-state index contributed by atoms with van der Waals surface area (Å²) >= 11 is 0. The molecule has 0 aromatic heterocycles. The van der Waals surface area contributed by atoms with E-state index in [2.05, 4.69) is 43.0 Å². The molecule has 2 rings (SSSR count). The first-order valence-corrected chi connectivity index (χ1v) is 6.29. The van der Waals surface area contributed by atoms with Crippen LogP contribution < -0.4 is 5.73 Å². The normalized spacial score (nSPS) is 24.2. The Bertz CT molecular complexity index is 381. The summed E-state index contributed by atoms with van der Waals surface area (Å²) in [5, 5.41) is 0. The maximum atomic E-state index is 5.81. The Kier molecular flexibility index (Phi) is 5.45. The van der Waals surface area contributed by atoms with Gasteiger partial charge in [-0.1, -0.05) is 19.1 Å². The number of likely N-dealkylation sites (N-methyl/N-ethyl adjacent to an activating group) is 1. The molecule has 1 aromatic carbocycles. The molecule has 18 heavy (non-hydrogen) atoms. The average molecular weight is 270 g/mol. The number of nitrogens with zero attached hydrogens (tertiary/aromatic N) is 2. The van der Waals surface area contributed by atoms with E-state index in [1.807, 2.05) is 12.1 Å². The minimum atomic E-state index is 0. The minimum absolute atomic E-state index is 0. The van der Waals surface area contributed by atoms with Crippen LogP contribution in [0.1, 0.15) is 12.5 Å². The molecule has 1 aliphatic rings. The third-order valence-corrected chi connectivity index (χ3v) is 3.67. The van der Waals surface area contributed by atoms with Crippen LogP contribution in [0.3, 0.4) is 0 Å². The van der Waals surface area contributed by atoms with Crippen molar-refractivity contribution in [3.8, 4) is 0 Å². The molecule has 2 atom stereocenters. The topological polar surface area (TPSA) is 32.5 Å². The van der Waals surface area contributed by atoms with Crippen LogP contribution >= 0.6 is 12.4 Å². The zero-order valence-electron chi connectivity index (χ0n) is 11.5. The molecule has 4 heteroatoms. The molecule has 3 nitrogen and oxygen atoms in total. The highest BCUT2D eigenvalue weighted by molar-refractivity contribution is 5.85. The average Bonchev–Trinajstić information content (AvgIpc) is 2.59. The summed E-state index contributed by atoms with van der Waals surface area (Å²) in [6, 6.07) is 8.89. The van der Waals surface area contributed by atoms with Gasteiger partial charge in [-0.3, -0.25) is 4.90 Å². The van der Waals surface area contributed by atoms with E-state index in [9.17, 15) is 0 Å². The SMILES string of the molecule is CC1CN(Cc2cccc(N)c2)CC1N(C)C.Cl. The lowest BCUT2D eigenvalue weighted by atomic mass is 10.1. The summed E-state index contributed by atoms with van der Waals surface area (Å²) in [6.45, 7) is 5.68. The van der Waals surface area contributed by atoms with Crippen molar-refractivity contribution in [3.63, 3.8) is 0 Å². The Hall–Kier alpha value is -0.770. The summed E-state index contributed by atoms with van der Waals surface area (Å²) in [6.07, 6.45) is 0. The van der Waals surface area contributed by atoms with Gasteiger partial charge in [0, 0.05) is 31.4 Å². The molecule has 1 aliphatic heterocycles. The highest BCUT2D eigenvalue weighted by Gasteiger charge is 2.30. The van der Waals surface area contributed by atoms with E-state index in [1.54, 1.807) is 0 Å². The van der Waals surface area contributed by atoms with Gasteiger partial charge in [0.25, 0.3) is 0 Å². The predicted octanol–water partition coefficient (Wildman–Crippen LogP) is 2.07. The van der Waals surface area contributed by atoms with Crippen molar-refractivity contribution >= 4 is 18.1 Å². The number of benzene rings is 1. The fraction of sp³-hybridized carbons (Fsp3) is 0.571. The van der Waals surface area contributed by atoms with Crippen LogP contribution in [0.2, 0.25) is 0 Å². The van der Waals surface area contributed by atoms with Gasteiger partial charge in [-0.25, -0.2) is 0 Å². The third kappa shape index (κ3) is 3.61. The van der Waals surface area contributed by atoms with Crippen LogP contribution in [-0.2, 0) is 6.54 Å². The van der Waals surface area contributed by atoms with Crippen LogP contribution in [0.25, 0.3) is 0 Å². The van der Waals surface area contributed by atoms with E-state index in [0.29, 0.717) is 6.04 Å². The first kappa shape index (κ1) is 15.3. The molecule has 2 N–H and O–H groups in total. The van der Waals surface area contributed by atoms with Gasteiger partial charge in [-0.05, 0) is 37.7 Å². The van der Waals surface area contributed by atoms with E-state index in [0.717, 1.165) is 24.7 Å². The number of nitrogens with two attached hydrogens (primary N) is 1. The fourth-order valence-electron chi connectivity index (χ4n) is 2.80. The van der Waals surface area contributed by atoms with Crippen molar-refractivity contribution in [2.24, 2.45) is 5.92 Å². The molecule has 102 valence electrons. The number of halogens is 1. The van der Waals surface area contributed by atoms with Crippen molar-refractivity contribution in [2.45, 2.75) is 19.5 Å². The van der Waals surface area contributed by atoms with Crippen LogP contribution in [0.5, 0.6) is 0 Å². The standard InChI is InChI=1S/C14H23N3.ClH/c1-11-8-17(10-14(11)16(2)3)9-12-5-4-6-13(15)7-12;/h4-7,11,14H,8-10,15H2,1-3H3;1H. The maximum absolute atomic E-state index is 5.81. The monoisotopic (exact) mass is 269 g/mol. The van der Waals surface area contributed by atoms with Crippen molar-refractivity contribution in [1.82, 2.24) is 9.80 Å². The quantitative estimate of drug-likeness (QED) is 0.853. The smallest absolute Gasteiger partial charge is 0.0317 e. The molecule has 1 fully saturated rings. The molecule has 1 heterocycles. The van der Waals surface area contributed by atoms with Crippen molar-refractivity contribution in [3.05, 3.63) is 29.8 Å². The zero-order chi connectivity index (χ0) is 12.4. The molecule has 0 aliphatic carbocycles. The highest BCUT2D eigenvalue weighted by Crippen LogP contribution is 2.22. The lowest BCUT2D eigenvalue weighted by molar-refractivity contribution is 0.250. The maximum Gasteiger partial charge on any atom is 0.0317 e. The molecule has 0 radical (unpaired) electrons. The summed E-state index contributed by atoms with van der Waals surface area (Å²) in [5.74, 6) is 0.742. The third-order valence-electron chi connectivity index (χ3n) is 3.67. The molecule has 0 bridgehead atoms. The summed E-state index contributed by atoms with van der Waals surface area (Å²) < 4.78 is 0. The fourth-order valence-corrected chi connectivity index (χ4v) is 2.80. The number of likely N-dealkylation sites (tertiary alicyclic amines) is 1. The number of rotatable bonds is 3. The number of hydrogen-bond acceptors (Lipinski definition) is 3. The Morgan fingerprint density at radius 3 is 2.61 bits per heavy atom. The van der Waals surface area contributed by atoms with E-state index < -0.39 is 0 Å². The largest absolute Gasteiger partial charge is 0.399 e. The van der Waals surface area contributed by atoms with Gasteiger partial charge in [0.2, 0.25) is 0 Å². The molecule has 1 aromatic rings. The first-order valence-electron chi connectivity index (χ1n) is 6.29. The minimum Gasteiger partial charge on any atom is -0.399 e. The lowest BCUT2D eigenvalue weighted by Crippen LogP contribution is -2.34. The highest BCUT2D eigenvalue weighted by atomic mass is 35.5. The first-order chi connectivity index (χ1) is 8.06. The van der Waals surface area contributed by atoms with Crippen LogP contribution in [0.15, 0.2) is 24.3 Å². The molecule has 0 amide bonds. The lowest BCUT2D eigenvalue weighted by Gasteiger charge is -2.22. The van der Waals surface area contributed by atoms with E-state index in [-0.39, 0.29) is 12.4 Å². The second kappa shape index (κ2) is 6.41. The summed E-state index contributed by atoms with van der Waals surface area (Å²) in [7, 11) is 4.34. The van der Waals surface area contributed by atoms with Crippen molar-refractivity contribution < 1.29 is 0 Å². The Balaban J connectivity index is 0.00000162. The van der Waals surface area contributed by atoms with E-state index in [1.165, 1.54) is 12.1 Å². The molecule has 1 saturated heterocycles. The zero-order valence-corrected chi connectivity index (χ0v) is 12.3. The molecule has 2 unspecified atom stereocenters. The number of hydrogen-bond donors (Lipinski definition) is 1. The van der Waals surface area contributed by atoms with Crippen molar-refractivity contribution in [1.29, 1.82) is 0 Å². The van der Waals surface area contributed by atoms with Gasteiger partial charge in [-0.15, -0.1) is 12.4 Å². The molecular weight excluding hydrogens is 246 g/mol. The van der Waals surface area contributed by atoms with Crippen LogP contribution in [0.4, 0.5) is 5.69 Å². The molecule has 0 saturated carbocycles. The Labute approximate surface area is 116 Å². The summed E-state index contributed by atoms with van der Waals surface area (Å²) in [4.78, 5) is 4.86. The van der Waals surface area contributed by atoms with Gasteiger partial charge >= 0.3 is 0 Å². The van der Waals surface area contributed by atoms with E-state index in [4.69, 9.17) is 5.73 Å². The Morgan fingerprint density at radius 2 is 2.06 bits per heavy atom. The molecule has 0 spiro atoms. The van der Waals surface area contributed by atoms with E-state index >= 15 is 0 Å². The second-order valence-corrected chi connectivity index (χ2v) is 5.45. The van der Waals surface area contributed by atoms with Crippen molar-refractivity contribution in [2.75, 3.05) is 32.9 Å². The van der Waals surface area contributed by atoms with Gasteiger partial charge in [-0.2, -0.15) is 0 Å². The van der Waals surface area contributed by atoms with Crippen LogP contribution in [-0.4, -0.2) is 43.0 Å². The Morgan fingerprint density at radius 1 is 1.33 bits per heavy atom. The van der Waals surface area contributed by atoms with Gasteiger partial charge < -0.3 is 10.6 Å². The van der Waals surface area contributed by atoms with Gasteiger partial charge in [0.05, 0.1) is 0 Å². The van der Waals surface area contributed by atoms with Gasteiger partial charge in [0.15, 0.2) is 0 Å². The second-order valence-electron chi connectivity index (χ2n) is 5.45. The molecular formula is C14H24ClN3. The van der Waals surface area contributed by atoms with Crippen LogP contribution in [0, 0.1) is 5.92 Å².